The highest BCUT2D eigenvalue weighted by molar-refractivity contribution is 7.15. The van der Waals surface area contributed by atoms with E-state index in [-0.39, 0.29) is 5.56 Å². The van der Waals surface area contributed by atoms with Crippen molar-refractivity contribution in [1.29, 1.82) is 0 Å². The van der Waals surface area contributed by atoms with Crippen LogP contribution < -0.4 is 15.0 Å². The number of benzene rings is 1. The molecule has 1 aromatic carbocycles. The number of aromatic nitrogens is 6. The summed E-state index contributed by atoms with van der Waals surface area (Å²) in [7, 11) is 0. The standard InChI is InChI=1S/C24H26N6O3S/c1-3-5-10-33-15-8-9-16(19(11-15)32-4-2)18-12-17(24-25-13-20(34-24)14-6-7-14)21(23(31)26-18)22-27-29-30-28-22/h8-9,11-14H,3-7,10H2,1-2H3,(H,26,31)(H,27,28,29,30). The van der Waals surface area contributed by atoms with Crippen molar-refractivity contribution < 1.29 is 9.47 Å². The maximum Gasteiger partial charge on any atom is 0.260 e. The van der Waals surface area contributed by atoms with Gasteiger partial charge >= 0.3 is 0 Å². The Morgan fingerprint density at radius 2 is 2.03 bits per heavy atom. The van der Waals surface area contributed by atoms with Crippen LogP contribution in [0.1, 0.15) is 50.3 Å². The van der Waals surface area contributed by atoms with Crippen molar-refractivity contribution in [2.75, 3.05) is 13.2 Å². The van der Waals surface area contributed by atoms with Crippen molar-refractivity contribution in [3.05, 3.63) is 45.7 Å². The van der Waals surface area contributed by atoms with Crippen LogP contribution >= 0.6 is 11.3 Å². The van der Waals surface area contributed by atoms with Crippen LogP contribution in [0.4, 0.5) is 0 Å². The second kappa shape index (κ2) is 9.76. The van der Waals surface area contributed by atoms with Gasteiger partial charge in [0.15, 0.2) is 5.82 Å². The van der Waals surface area contributed by atoms with Crippen molar-refractivity contribution in [2.24, 2.45) is 0 Å². The summed E-state index contributed by atoms with van der Waals surface area (Å²) in [4.78, 5) is 22.2. The molecule has 1 aliphatic carbocycles. The van der Waals surface area contributed by atoms with E-state index in [9.17, 15) is 4.79 Å². The Morgan fingerprint density at radius 1 is 1.15 bits per heavy atom. The first-order valence-electron chi connectivity index (χ1n) is 11.6. The topological polar surface area (TPSA) is 119 Å². The fraction of sp³-hybridized carbons (Fsp3) is 0.375. The number of rotatable bonds is 10. The summed E-state index contributed by atoms with van der Waals surface area (Å²) < 4.78 is 11.8. The molecular formula is C24H26N6O3S. The fourth-order valence-electron chi connectivity index (χ4n) is 3.77. The van der Waals surface area contributed by atoms with Crippen LogP contribution in [0.3, 0.4) is 0 Å². The molecule has 1 aliphatic rings. The van der Waals surface area contributed by atoms with Gasteiger partial charge in [-0.05, 0) is 60.7 Å². The molecule has 0 atom stereocenters. The average molecular weight is 479 g/mol. The van der Waals surface area contributed by atoms with Crippen LogP contribution in [-0.2, 0) is 0 Å². The molecule has 0 amide bonds. The first-order chi connectivity index (χ1) is 16.7. The first-order valence-corrected chi connectivity index (χ1v) is 12.4. The molecule has 4 aromatic rings. The molecule has 1 saturated carbocycles. The summed E-state index contributed by atoms with van der Waals surface area (Å²) in [6, 6.07) is 7.60. The van der Waals surface area contributed by atoms with Crippen LogP contribution in [0.2, 0.25) is 0 Å². The van der Waals surface area contributed by atoms with Gasteiger partial charge in [0.05, 0.1) is 24.5 Å². The summed E-state index contributed by atoms with van der Waals surface area (Å²) >= 11 is 1.61. The van der Waals surface area contributed by atoms with E-state index in [1.807, 2.05) is 37.4 Å². The zero-order chi connectivity index (χ0) is 23.5. The van der Waals surface area contributed by atoms with E-state index in [2.05, 4.69) is 37.5 Å². The highest BCUT2D eigenvalue weighted by Gasteiger charge is 2.27. The van der Waals surface area contributed by atoms with Crippen LogP contribution in [0, 0.1) is 0 Å². The Hall–Kier alpha value is -3.53. The van der Waals surface area contributed by atoms with Crippen molar-refractivity contribution in [1.82, 2.24) is 30.6 Å². The lowest BCUT2D eigenvalue weighted by atomic mass is 10.0. The van der Waals surface area contributed by atoms with Gasteiger partial charge in [0.2, 0.25) is 0 Å². The van der Waals surface area contributed by atoms with Crippen molar-refractivity contribution in [2.45, 2.75) is 45.4 Å². The van der Waals surface area contributed by atoms with Crippen LogP contribution in [0.25, 0.3) is 33.2 Å². The number of unbranched alkanes of at least 4 members (excludes halogenated alkanes) is 1. The summed E-state index contributed by atoms with van der Waals surface area (Å²) in [5.41, 5.74) is 2.13. The number of hydrogen-bond donors (Lipinski definition) is 2. The number of H-pyrrole nitrogens is 2. The second-order valence-corrected chi connectivity index (χ2v) is 9.25. The SMILES string of the molecule is CCCCOc1ccc(-c2cc(-c3ncc(C4CC4)s3)c(-c3nnn[nH]3)c(=O)[nH]2)c(OCC)c1. The van der Waals surface area contributed by atoms with E-state index in [0.29, 0.717) is 47.5 Å². The van der Waals surface area contributed by atoms with E-state index in [1.54, 1.807) is 11.3 Å². The Bertz CT molecular complexity index is 1330. The molecule has 0 bridgehead atoms. The molecule has 34 heavy (non-hydrogen) atoms. The largest absolute Gasteiger partial charge is 0.493 e. The predicted octanol–water partition coefficient (Wildman–Crippen LogP) is 4.80. The molecule has 176 valence electrons. The van der Waals surface area contributed by atoms with Crippen molar-refractivity contribution in [3.8, 4) is 44.7 Å². The normalized spacial score (nSPS) is 13.2. The van der Waals surface area contributed by atoms with Gasteiger partial charge in [0.25, 0.3) is 5.56 Å². The Kier molecular flexibility index (Phi) is 6.39. The third kappa shape index (κ3) is 4.58. The molecule has 3 heterocycles. The zero-order valence-corrected chi connectivity index (χ0v) is 19.9. The maximum atomic E-state index is 13.3. The number of pyridine rings is 1. The molecule has 0 saturated heterocycles. The number of ether oxygens (including phenoxy) is 2. The predicted molar refractivity (Wildman–Crippen MR) is 130 cm³/mol. The first kappa shape index (κ1) is 22.3. The average Bonchev–Trinajstić information content (AvgIpc) is 3.32. The van der Waals surface area contributed by atoms with E-state index >= 15 is 0 Å². The molecule has 0 aliphatic heterocycles. The van der Waals surface area contributed by atoms with Gasteiger partial charge in [-0.15, -0.1) is 16.4 Å². The molecule has 0 unspecified atom stereocenters. The number of thiazole rings is 1. The molecule has 2 N–H and O–H groups in total. The molecule has 1 fully saturated rings. The van der Waals surface area contributed by atoms with Gasteiger partial charge in [-0.25, -0.2) is 10.1 Å². The third-order valence-corrected chi connectivity index (χ3v) is 6.85. The highest BCUT2D eigenvalue weighted by Crippen LogP contribution is 2.45. The highest BCUT2D eigenvalue weighted by atomic mass is 32.1. The Balaban J connectivity index is 1.61. The van der Waals surface area contributed by atoms with E-state index in [0.717, 1.165) is 29.2 Å². The van der Waals surface area contributed by atoms with Gasteiger partial charge in [-0.2, -0.15) is 0 Å². The third-order valence-electron chi connectivity index (χ3n) is 5.66. The van der Waals surface area contributed by atoms with E-state index < -0.39 is 0 Å². The Labute approximate surface area is 200 Å². The number of tetrazole rings is 1. The summed E-state index contributed by atoms with van der Waals surface area (Å²) in [5, 5.41) is 14.8. The van der Waals surface area contributed by atoms with Crippen molar-refractivity contribution >= 4 is 11.3 Å². The molecule has 0 radical (unpaired) electrons. The summed E-state index contributed by atoms with van der Waals surface area (Å²) in [5.74, 6) is 2.26. The van der Waals surface area contributed by atoms with Gasteiger partial charge < -0.3 is 14.5 Å². The van der Waals surface area contributed by atoms with E-state index in [4.69, 9.17) is 9.47 Å². The fourth-order valence-corrected chi connectivity index (χ4v) is 4.87. The van der Waals surface area contributed by atoms with Gasteiger partial charge in [-0.3, -0.25) is 4.79 Å². The quantitative estimate of drug-likeness (QED) is 0.314. The Morgan fingerprint density at radius 3 is 2.76 bits per heavy atom. The lowest BCUT2D eigenvalue weighted by molar-refractivity contribution is 0.303. The second-order valence-electron chi connectivity index (χ2n) is 8.19. The zero-order valence-electron chi connectivity index (χ0n) is 19.1. The van der Waals surface area contributed by atoms with Crippen molar-refractivity contribution in [3.63, 3.8) is 0 Å². The monoisotopic (exact) mass is 478 g/mol. The van der Waals surface area contributed by atoms with Gasteiger partial charge in [0.1, 0.15) is 16.5 Å². The minimum Gasteiger partial charge on any atom is -0.493 e. The molecule has 5 rings (SSSR count). The molecule has 10 heteroatoms. The maximum absolute atomic E-state index is 13.3. The van der Waals surface area contributed by atoms with Crippen LogP contribution in [0.15, 0.2) is 35.3 Å². The number of aromatic amines is 2. The number of nitrogens with one attached hydrogen (secondary N) is 2. The molecule has 3 aromatic heterocycles. The number of nitrogens with zero attached hydrogens (tertiary/aromatic N) is 4. The lowest BCUT2D eigenvalue weighted by Gasteiger charge is -2.14. The minimum absolute atomic E-state index is 0.302. The molecule has 0 spiro atoms. The van der Waals surface area contributed by atoms with Gasteiger partial charge in [0, 0.05) is 28.3 Å². The van der Waals surface area contributed by atoms with Gasteiger partial charge in [-0.1, -0.05) is 13.3 Å². The van der Waals surface area contributed by atoms with Crippen LogP contribution in [-0.4, -0.2) is 43.8 Å². The number of hydrogen-bond acceptors (Lipinski definition) is 8. The summed E-state index contributed by atoms with van der Waals surface area (Å²) in [6.45, 7) is 5.19. The lowest BCUT2D eigenvalue weighted by Crippen LogP contribution is -2.13. The summed E-state index contributed by atoms with van der Waals surface area (Å²) in [6.07, 6.45) is 6.33. The smallest absolute Gasteiger partial charge is 0.260 e. The molecular weight excluding hydrogens is 452 g/mol. The molecule has 9 nitrogen and oxygen atoms in total. The van der Waals surface area contributed by atoms with E-state index in [1.165, 1.54) is 17.7 Å². The van der Waals surface area contributed by atoms with Crippen LogP contribution in [0.5, 0.6) is 11.5 Å². The minimum atomic E-state index is -0.306.